The van der Waals surface area contributed by atoms with Gasteiger partial charge in [-0.2, -0.15) is 0 Å². The summed E-state index contributed by atoms with van der Waals surface area (Å²) < 4.78 is 0. The molecule has 0 N–H and O–H groups in total. The average Bonchev–Trinajstić information content (AvgIpc) is 2.98. The summed E-state index contributed by atoms with van der Waals surface area (Å²) in [4.78, 5) is 5.16. The van der Waals surface area contributed by atoms with E-state index in [0.29, 0.717) is 29.8 Å². The monoisotopic (exact) mass is 594 g/mol. The number of allylic oxidation sites excluding steroid dienone is 2. The molecule has 232 valence electrons. The number of nitrogens with zero attached hydrogens (tertiary/aromatic N) is 2. The molecule has 45 heavy (non-hydrogen) atoms. The Bertz CT molecular complexity index is 1670. The lowest BCUT2D eigenvalue weighted by Gasteiger charge is -2.39. The van der Waals surface area contributed by atoms with E-state index in [2.05, 4.69) is 167 Å². The number of aryl methyl sites for hydroxylation is 4. The molecule has 2 aliphatic rings. The van der Waals surface area contributed by atoms with Gasteiger partial charge in [-0.1, -0.05) is 80.1 Å². The normalized spacial score (nSPS) is 23.0. The van der Waals surface area contributed by atoms with Gasteiger partial charge in [0.15, 0.2) is 0 Å². The van der Waals surface area contributed by atoms with E-state index in [4.69, 9.17) is 0 Å². The molecule has 0 aliphatic heterocycles. The van der Waals surface area contributed by atoms with Crippen LogP contribution < -0.4 is 9.80 Å². The molecule has 0 heterocycles. The van der Waals surface area contributed by atoms with E-state index in [9.17, 15) is 0 Å². The summed E-state index contributed by atoms with van der Waals surface area (Å²) >= 11 is 0. The number of hydrogen-bond donors (Lipinski definition) is 0. The van der Waals surface area contributed by atoms with Crippen molar-refractivity contribution in [3.05, 3.63) is 143 Å². The predicted molar refractivity (Wildman–Crippen MR) is 194 cm³/mol. The molecule has 0 amide bonds. The maximum atomic E-state index is 2.62. The third-order valence-corrected chi connectivity index (χ3v) is 9.96. The Kier molecular flexibility index (Phi) is 9.04. The molecule has 0 fully saturated rings. The summed E-state index contributed by atoms with van der Waals surface area (Å²) in [6.45, 7) is 16.0. The molecule has 0 saturated carbocycles. The van der Waals surface area contributed by atoms with E-state index in [0.717, 1.165) is 12.8 Å². The Hall–Kier alpha value is -4.04. The van der Waals surface area contributed by atoms with E-state index in [1.54, 1.807) is 0 Å². The standard InChI is InChI=1S/C43H50N2/c1-29-11-8-14-36(22-29)44(37-15-9-12-30(2)23-37)39-17-19-42(34(6)27-39)43-20-18-40(28-35(43)7)45(38-16-10-13-31(3)24-38)41-25-32(4)21-33(5)26-41/h8-24,28,32,34,39,41-42H,25-27H2,1-7H3. The van der Waals surface area contributed by atoms with Gasteiger partial charge in [-0.05, 0) is 142 Å². The Morgan fingerprint density at radius 2 is 1.13 bits per heavy atom. The minimum atomic E-state index is 0.306. The van der Waals surface area contributed by atoms with Crippen LogP contribution in [0.1, 0.15) is 73.8 Å². The van der Waals surface area contributed by atoms with Crippen molar-refractivity contribution in [2.24, 2.45) is 11.8 Å². The Balaban J connectivity index is 1.32. The molecular weight excluding hydrogens is 544 g/mol. The lowest BCUT2D eigenvalue weighted by atomic mass is 9.77. The van der Waals surface area contributed by atoms with Crippen LogP contribution in [-0.2, 0) is 0 Å². The highest BCUT2D eigenvalue weighted by Crippen LogP contribution is 2.42. The molecule has 0 aromatic heterocycles. The summed E-state index contributed by atoms with van der Waals surface area (Å²) in [5, 5.41) is 0. The van der Waals surface area contributed by atoms with Gasteiger partial charge < -0.3 is 9.80 Å². The molecule has 4 aromatic rings. The SMILES string of the molecule is CC1=CC(C)CC(N(c2cccc(C)c2)c2ccc(C3C=CC(N(c4cccc(C)c4)c4cccc(C)c4)CC3C)c(C)c2)C1. The first-order valence-electron chi connectivity index (χ1n) is 16.9. The van der Waals surface area contributed by atoms with E-state index < -0.39 is 0 Å². The maximum absolute atomic E-state index is 2.62. The molecule has 5 atom stereocenters. The van der Waals surface area contributed by atoms with Gasteiger partial charge >= 0.3 is 0 Å². The highest BCUT2D eigenvalue weighted by Gasteiger charge is 2.31. The fourth-order valence-electron chi connectivity index (χ4n) is 7.97. The fraction of sp³-hybridized carbons (Fsp3) is 0.349. The van der Waals surface area contributed by atoms with Crippen LogP contribution in [0.4, 0.5) is 22.7 Å². The highest BCUT2D eigenvalue weighted by atomic mass is 15.2. The molecule has 0 saturated heterocycles. The van der Waals surface area contributed by atoms with E-state index in [-0.39, 0.29) is 0 Å². The third kappa shape index (κ3) is 6.81. The molecule has 2 nitrogen and oxygen atoms in total. The van der Waals surface area contributed by atoms with Gasteiger partial charge in [0.1, 0.15) is 0 Å². The molecule has 4 aromatic carbocycles. The maximum Gasteiger partial charge on any atom is 0.0525 e. The summed E-state index contributed by atoms with van der Waals surface area (Å²) in [7, 11) is 0. The second kappa shape index (κ2) is 13.1. The zero-order chi connectivity index (χ0) is 31.7. The van der Waals surface area contributed by atoms with Gasteiger partial charge in [0, 0.05) is 34.7 Å². The van der Waals surface area contributed by atoms with Gasteiger partial charge in [0.05, 0.1) is 6.04 Å². The van der Waals surface area contributed by atoms with Crippen molar-refractivity contribution in [1.82, 2.24) is 0 Å². The van der Waals surface area contributed by atoms with Crippen LogP contribution in [0.15, 0.2) is 115 Å². The van der Waals surface area contributed by atoms with Crippen LogP contribution >= 0.6 is 0 Å². The summed E-state index contributed by atoms with van der Waals surface area (Å²) in [6.07, 6.45) is 10.8. The van der Waals surface area contributed by atoms with Crippen LogP contribution in [0, 0.1) is 39.5 Å². The van der Waals surface area contributed by atoms with Crippen molar-refractivity contribution in [2.75, 3.05) is 9.80 Å². The first-order chi connectivity index (χ1) is 21.7. The quantitative estimate of drug-likeness (QED) is 0.196. The largest absolute Gasteiger partial charge is 0.338 e. The molecule has 0 radical (unpaired) electrons. The molecule has 2 aliphatic carbocycles. The van der Waals surface area contributed by atoms with E-state index in [1.807, 2.05) is 0 Å². The van der Waals surface area contributed by atoms with Crippen molar-refractivity contribution in [1.29, 1.82) is 0 Å². The predicted octanol–water partition coefficient (Wildman–Crippen LogP) is 11.7. The topological polar surface area (TPSA) is 6.48 Å². The minimum Gasteiger partial charge on any atom is -0.338 e. The number of anilines is 4. The smallest absolute Gasteiger partial charge is 0.0525 e. The lowest BCUT2D eigenvalue weighted by Crippen LogP contribution is -2.35. The lowest BCUT2D eigenvalue weighted by molar-refractivity contribution is 0.435. The summed E-state index contributed by atoms with van der Waals surface area (Å²) in [5.74, 6) is 1.51. The second-order valence-electron chi connectivity index (χ2n) is 14.1. The van der Waals surface area contributed by atoms with Crippen LogP contribution in [0.5, 0.6) is 0 Å². The Labute approximate surface area is 272 Å². The van der Waals surface area contributed by atoms with Crippen LogP contribution in [0.2, 0.25) is 0 Å². The molecular formula is C43H50N2. The average molecular weight is 595 g/mol. The molecule has 5 unspecified atom stereocenters. The van der Waals surface area contributed by atoms with Gasteiger partial charge in [0.2, 0.25) is 0 Å². The summed E-state index contributed by atoms with van der Waals surface area (Å²) in [6, 6.07) is 35.0. The van der Waals surface area contributed by atoms with Crippen molar-refractivity contribution in [3.8, 4) is 0 Å². The second-order valence-corrected chi connectivity index (χ2v) is 14.1. The molecule has 6 rings (SSSR count). The van der Waals surface area contributed by atoms with E-state index in [1.165, 1.54) is 62.6 Å². The van der Waals surface area contributed by atoms with E-state index >= 15 is 0 Å². The van der Waals surface area contributed by atoms with Gasteiger partial charge in [0.25, 0.3) is 0 Å². The van der Waals surface area contributed by atoms with Crippen LogP contribution in [-0.4, -0.2) is 12.1 Å². The van der Waals surface area contributed by atoms with Crippen molar-refractivity contribution < 1.29 is 0 Å². The number of hydrogen-bond acceptors (Lipinski definition) is 2. The van der Waals surface area contributed by atoms with Gasteiger partial charge in [-0.3, -0.25) is 0 Å². The molecule has 0 bridgehead atoms. The summed E-state index contributed by atoms with van der Waals surface area (Å²) in [5.41, 5.74) is 13.4. The Morgan fingerprint density at radius 3 is 1.64 bits per heavy atom. The zero-order valence-electron chi connectivity index (χ0n) is 28.3. The number of benzene rings is 4. The van der Waals surface area contributed by atoms with Gasteiger partial charge in [-0.15, -0.1) is 0 Å². The van der Waals surface area contributed by atoms with Crippen molar-refractivity contribution in [3.63, 3.8) is 0 Å². The van der Waals surface area contributed by atoms with Crippen LogP contribution in [0.3, 0.4) is 0 Å². The first-order valence-corrected chi connectivity index (χ1v) is 16.9. The van der Waals surface area contributed by atoms with Crippen molar-refractivity contribution >= 4 is 22.7 Å². The first kappa shape index (κ1) is 31.0. The minimum absolute atomic E-state index is 0.306. The van der Waals surface area contributed by atoms with Crippen LogP contribution in [0.25, 0.3) is 0 Å². The number of rotatable bonds is 7. The van der Waals surface area contributed by atoms with Crippen molar-refractivity contribution in [2.45, 2.75) is 85.7 Å². The fourth-order valence-corrected chi connectivity index (χ4v) is 7.97. The molecule has 2 heteroatoms. The highest BCUT2D eigenvalue weighted by molar-refractivity contribution is 5.68. The Morgan fingerprint density at radius 1 is 0.578 bits per heavy atom. The molecule has 0 spiro atoms. The van der Waals surface area contributed by atoms with Gasteiger partial charge in [-0.25, -0.2) is 0 Å². The third-order valence-electron chi connectivity index (χ3n) is 9.96. The zero-order valence-corrected chi connectivity index (χ0v) is 28.3.